The van der Waals surface area contributed by atoms with Crippen LogP contribution in [0.2, 0.25) is 0 Å². The Hall–Kier alpha value is -1.61. The lowest BCUT2D eigenvalue weighted by atomic mass is 10.0. The first kappa shape index (κ1) is 12.8. The van der Waals surface area contributed by atoms with Gasteiger partial charge in [0.25, 0.3) is 0 Å². The van der Waals surface area contributed by atoms with Crippen LogP contribution in [0.15, 0.2) is 30.5 Å². The third-order valence-corrected chi connectivity index (χ3v) is 3.03. The van der Waals surface area contributed by atoms with Crippen molar-refractivity contribution in [2.45, 2.75) is 39.2 Å². The molecule has 3 N–H and O–H groups in total. The van der Waals surface area contributed by atoms with Gasteiger partial charge in [0, 0.05) is 12.5 Å². The summed E-state index contributed by atoms with van der Waals surface area (Å²) in [6.45, 7) is 6.39. The van der Waals surface area contributed by atoms with Crippen LogP contribution < -0.4 is 5.73 Å². The summed E-state index contributed by atoms with van der Waals surface area (Å²) in [5, 5.41) is 0. The second-order valence-corrected chi connectivity index (χ2v) is 5.20. The molecule has 0 bridgehead atoms. The first-order chi connectivity index (χ1) is 8.56. The van der Waals surface area contributed by atoms with Gasteiger partial charge in [-0.3, -0.25) is 0 Å². The average molecular weight is 243 g/mol. The Morgan fingerprint density at radius 3 is 2.39 bits per heavy atom. The van der Waals surface area contributed by atoms with Gasteiger partial charge < -0.3 is 10.7 Å². The van der Waals surface area contributed by atoms with E-state index in [9.17, 15) is 0 Å². The normalized spacial score (nSPS) is 12.9. The fourth-order valence-electron chi connectivity index (χ4n) is 1.97. The predicted octanol–water partition coefficient (Wildman–Crippen LogP) is 3.09. The van der Waals surface area contributed by atoms with E-state index in [4.69, 9.17) is 5.73 Å². The zero-order chi connectivity index (χ0) is 13.1. The van der Waals surface area contributed by atoms with Crippen molar-refractivity contribution in [3.63, 3.8) is 0 Å². The third-order valence-electron chi connectivity index (χ3n) is 3.03. The predicted molar refractivity (Wildman–Crippen MR) is 75.5 cm³/mol. The highest BCUT2D eigenvalue weighted by atomic mass is 14.9. The number of imidazole rings is 1. The molecule has 1 aromatic heterocycles. The molecule has 1 aromatic carbocycles. The molecule has 0 radical (unpaired) electrons. The van der Waals surface area contributed by atoms with E-state index in [2.05, 4.69) is 48.1 Å². The summed E-state index contributed by atoms with van der Waals surface area (Å²) in [5.74, 6) is 1.52. The van der Waals surface area contributed by atoms with Crippen LogP contribution in [0.5, 0.6) is 0 Å². The van der Waals surface area contributed by atoms with Gasteiger partial charge in [-0.25, -0.2) is 4.98 Å². The Morgan fingerprint density at radius 1 is 1.17 bits per heavy atom. The topological polar surface area (TPSA) is 54.7 Å². The molecule has 1 atom stereocenters. The molecule has 96 valence electrons. The van der Waals surface area contributed by atoms with Crippen molar-refractivity contribution in [3.8, 4) is 11.3 Å². The smallest absolute Gasteiger partial charge is 0.108 e. The molecule has 2 aromatic rings. The maximum Gasteiger partial charge on any atom is 0.108 e. The molecule has 0 amide bonds. The van der Waals surface area contributed by atoms with E-state index in [1.165, 1.54) is 11.1 Å². The maximum absolute atomic E-state index is 5.77. The van der Waals surface area contributed by atoms with E-state index < -0.39 is 0 Å². The molecule has 18 heavy (non-hydrogen) atoms. The van der Waals surface area contributed by atoms with Gasteiger partial charge >= 0.3 is 0 Å². The molecule has 3 heteroatoms. The monoisotopic (exact) mass is 243 g/mol. The number of hydrogen-bond donors (Lipinski definition) is 2. The highest BCUT2D eigenvalue weighted by Crippen LogP contribution is 2.21. The lowest BCUT2D eigenvalue weighted by Crippen LogP contribution is -2.18. The van der Waals surface area contributed by atoms with Crippen LogP contribution in [0.4, 0.5) is 0 Å². The second-order valence-electron chi connectivity index (χ2n) is 5.20. The summed E-state index contributed by atoms with van der Waals surface area (Å²) in [6.07, 6.45) is 2.66. The minimum absolute atomic E-state index is 0.132. The minimum Gasteiger partial charge on any atom is -0.342 e. The van der Waals surface area contributed by atoms with Crippen molar-refractivity contribution in [2.75, 3.05) is 0 Å². The molecule has 0 saturated heterocycles. The van der Waals surface area contributed by atoms with Gasteiger partial charge in [0.15, 0.2) is 0 Å². The zero-order valence-corrected chi connectivity index (χ0v) is 11.3. The summed E-state index contributed by atoms with van der Waals surface area (Å²) in [7, 11) is 0. The van der Waals surface area contributed by atoms with Gasteiger partial charge in [-0.05, 0) is 24.0 Å². The fourth-order valence-corrected chi connectivity index (χ4v) is 1.97. The van der Waals surface area contributed by atoms with Crippen molar-refractivity contribution >= 4 is 0 Å². The van der Waals surface area contributed by atoms with Crippen molar-refractivity contribution in [1.82, 2.24) is 9.97 Å². The molecule has 0 fully saturated rings. The average Bonchev–Trinajstić information content (AvgIpc) is 2.76. The molecular weight excluding hydrogens is 222 g/mol. The van der Waals surface area contributed by atoms with Crippen LogP contribution in [0, 0.1) is 0 Å². The Labute approximate surface area is 108 Å². The van der Waals surface area contributed by atoms with Gasteiger partial charge in [-0.15, -0.1) is 0 Å². The van der Waals surface area contributed by atoms with E-state index >= 15 is 0 Å². The number of nitrogens with zero attached hydrogens (tertiary/aromatic N) is 1. The van der Waals surface area contributed by atoms with Crippen molar-refractivity contribution in [1.29, 1.82) is 0 Å². The lowest BCUT2D eigenvalue weighted by molar-refractivity contribution is 0.710. The molecule has 0 aliphatic carbocycles. The number of hydrogen-bond acceptors (Lipinski definition) is 2. The summed E-state index contributed by atoms with van der Waals surface area (Å²) in [4.78, 5) is 7.67. The van der Waals surface area contributed by atoms with Gasteiger partial charge in [-0.1, -0.05) is 38.1 Å². The summed E-state index contributed by atoms with van der Waals surface area (Å²) < 4.78 is 0. The molecule has 0 aliphatic rings. The van der Waals surface area contributed by atoms with Crippen molar-refractivity contribution in [3.05, 3.63) is 41.9 Å². The Balaban J connectivity index is 2.18. The van der Waals surface area contributed by atoms with Crippen LogP contribution in [0.3, 0.4) is 0 Å². The molecule has 3 nitrogen and oxygen atoms in total. The van der Waals surface area contributed by atoms with E-state index in [0.717, 1.165) is 17.9 Å². The zero-order valence-electron chi connectivity index (χ0n) is 11.3. The van der Waals surface area contributed by atoms with Gasteiger partial charge in [0.1, 0.15) is 5.82 Å². The lowest BCUT2D eigenvalue weighted by Gasteiger charge is -2.05. The molecule has 2 rings (SSSR count). The van der Waals surface area contributed by atoms with Crippen LogP contribution in [-0.2, 0) is 6.42 Å². The van der Waals surface area contributed by atoms with Gasteiger partial charge in [0.05, 0.1) is 11.9 Å². The first-order valence-corrected chi connectivity index (χ1v) is 6.46. The quantitative estimate of drug-likeness (QED) is 0.867. The highest BCUT2D eigenvalue weighted by Gasteiger charge is 2.06. The summed E-state index contributed by atoms with van der Waals surface area (Å²) >= 11 is 0. The number of aromatic amines is 1. The number of rotatable bonds is 4. The van der Waals surface area contributed by atoms with Crippen LogP contribution in [0.1, 0.15) is 38.1 Å². The molecule has 0 saturated carbocycles. The number of benzene rings is 1. The van der Waals surface area contributed by atoms with E-state index in [1.54, 1.807) is 0 Å². The number of nitrogens with one attached hydrogen (secondary N) is 1. The van der Waals surface area contributed by atoms with Crippen molar-refractivity contribution < 1.29 is 0 Å². The third kappa shape index (κ3) is 2.99. The SMILES string of the molecule is CC(N)Cc1ncc(-c2ccc(C(C)C)cc2)[nH]1. The Kier molecular flexibility index (Phi) is 3.82. The largest absolute Gasteiger partial charge is 0.342 e. The van der Waals surface area contributed by atoms with Crippen LogP contribution in [0.25, 0.3) is 11.3 Å². The highest BCUT2D eigenvalue weighted by molar-refractivity contribution is 5.59. The Morgan fingerprint density at radius 2 is 1.83 bits per heavy atom. The van der Waals surface area contributed by atoms with Gasteiger partial charge in [-0.2, -0.15) is 0 Å². The summed E-state index contributed by atoms with van der Waals surface area (Å²) in [5.41, 5.74) is 9.35. The summed E-state index contributed by atoms with van der Waals surface area (Å²) in [6, 6.07) is 8.75. The van der Waals surface area contributed by atoms with E-state index in [-0.39, 0.29) is 6.04 Å². The molecule has 0 spiro atoms. The maximum atomic E-state index is 5.77. The van der Waals surface area contributed by atoms with Crippen molar-refractivity contribution in [2.24, 2.45) is 5.73 Å². The van der Waals surface area contributed by atoms with E-state index in [1.807, 2.05) is 13.1 Å². The number of aromatic nitrogens is 2. The number of H-pyrrole nitrogens is 1. The standard InChI is InChI=1S/C15H21N3/c1-10(2)12-4-6-13(7-5-12)14-9-17-15(18-14)8-11(3)16/h4-7,9-11H,8,16H2,1-3H3,(H,17,18). The molecule has 1 unspecified atom stereocenters. The Bertz CT molecular complexity index is 495. The second kappa shape index (κ2) is 5.36. The minimum atomic E-state index is 0.132. The molecular formula is C15H21N3. The fraction of sp³-hybridized carbons (Fsp3) is 0.400. The molecule has 1 heterocycles. The van der Waals surface area contributed by atoms with E-state index in [0.29, 0.717) is 5.92 Å². The van der Waals surface area contributed by atoms with Crippen LogP contribution >= 0.6 is 0 Å². The van der Waals surface area contributed by atoms with Crippen LogP contribution in [-0.4, -0.2) is 16.0 Å². The first-order valence-electron chi connectivity index (χ1n) is 6.46. The molecule has 0 aliphatic heterocycles. The van der Waals surface area contributed by atoms with Gasteiger partial charge in [0.2, 0.25) is 0 Å². The number of nitrogens with two attached hydrogens (primary N) is 1.